The molecule has 1 heterocycles. The van der Waals surface area contributed by atoms with Crippen LogP contribution in [-0.2, 0) is 4.79 Å². The van der Waals surface area contributed by atoms with Gasteiger partial charge in [-0.2, -0.15) is 0 Å². The summed E-state index contributed by atoms with van der Waals surface area (Å²) in [5, 5.41) is 3.29. The van der Waals surface area contributed by atoms with E-state index in [-0.39, 0.29) is 24.5 Å². The molecule has 1 amide bonds. The molecule has 0 aliphatic rings. The molecule has 1 N–H and O–H groups in total. The Morgan fingerprint density at radius 3 is 2.26 bits per heavy atom. The number of methoxy groups -OCH3 is 3. The molecule has 0 aliphatic heterocycles. The summed E-state index contributed by atoms with van der Waals surface area (Å²) >= 11 is 1.39. The summed E-state index contributed by atoms with van der Waals surface area (Å²) in [4.78, 5) is 30.5. The third-order valence-corrected chi connectivity index (χ3v) is 5.58. The smallest absolute Gasteiger partial charge is 0.226 e. The SMILES string of the molecule is COc1ccc(-c2nc(NC(=O)CCC(=O)c3cc(OC)ccc3OC)sc2C)cc1. The maximum atomic E-state index is 12.6. The number of nitrogens with zero attached hydrogens (tertiary/aromatic N) is 1. The summed E-state index contributed by atoms with van der Waals surface area (Å²) < 4.78 is 15.6. The molecule has 7 nitrogen and oxygen atoms in total. The van der Waals surface area contributed by atoms with Gasteiger partial charge in [0.1, 0.15) is 17.2 Å². The number of carbonyl (C=O) groups is 2. The van der Waals surface area contributed by atoms with Crippen LogP contribution >= 0.6 is 11.3 Å². The second kappa shape index (κ2) is 10.1. The summed E-state index contributed by atoms with van der Waals surface area (Å²) in [6.45, 7) is 1.95. The monoisotopic (exact) mass is 440 g/mol. The van der Waals surface area contributed by atoms with E-state index >= 15 is 0 Å². The maximum absolute atomic E-state index is 12.6. The predicted octanol–water partition coefficient (Wildman–Crippen LogP) is 4.75. The minimum Gasteiger partial charge on any atom is -0.497 e. The van der Waals surface area contributed by atoms with Crippen LogP contribution in [0, 0.1) is 6.92 Å². The van der Waals surface area contributed by atoms with Gasteiger partial charge in [0.05, 0.1) is 32.6 Å². The molecule has 0 saturated carbocycles. The zero-order valence-corrected chi connectivity index (χ0v) is 18.7. The fourth-order valence-corrected chi connectivity index (χ4v) is 3.89. The largest absolute Gasteiger partial charge is 0.497 e. The van der Waals surface area contributed by atoms with Crippen LogP contribution in [0.2, 0.25) is 0 Å². The van der Waals surface area contributed by atoms with E-state index in [0.717, 1.165) is 21.9 Å². The van der Waals surface area contributed by atoms with Crippen molar-refractivity contribution in [2.75, 3.05) is 26.6 Å². The third-order valence-electron chi connectivity index (χ3n) is 4.69. The van der Waals surface area contributed by atoms with E-state index < -0.39 is 0 Å². The molecular formula is C23H24N2O5S. The number of benzene rings is 2. The number of rotatable bonds is 9. The van der Waals surface area contributed by atoms with E-state index in [1.54, 1.807) is 25.3 Å². The van der Waals surface area contributed by atoms with Gasteiger partial charge in [-0.3, -0.25) is 9.59 Å². The van der Waals surface area contributed by atoms with E-state index in [9.17, 15) is 9.59 Å². The molecule has 162 valence electrons. The molecule has 0 unspecified atom stereocenters. The number of anilines is 1. The lowest BCUT2D eigenvalue weighted by atomic mass is 10.0. The number of ether oxygens (including phenoxy) is 3. The van der Waals surface area contributed by atoms with Crippen LogP contribution in [0.5, 0.6) is 17.2 Å². The fraction of sp³-hybridized carbons (Fsp3) is 0.261. The zero-order valence-electron chi connectivity index (χ0n) is 17.9. The van der Waals surface area contributed by atoms with Gasteiger partial charge in [-0.25, -0.2) is 4.98 Å². The van der Waals surface area contributed by atoms with Crippen LogP contribution in [0.1, 0.15) is 28.1 Å². The molecule has 0 fully saturated rings. The molecule has 2 aromatic carbocycles. The molecular weight excluding hydrogens is 416 g/mol. The van der Waals surface area contributed by atoms with Crippen LogP contribution < -0.4 is 19.5 Å². The Labute approximate surface area is 185 Å². The number of nitrogens with one attached hydrogen (secondary N) is 1. The minimum absolute atomic E-state index is 0.0374. The van der Waals surface area contributed by atoms with Gasteiger partial charge in [-0.1, -0.05) is 0 Å². The Balaban J connectivity index is 1.63. The number of thiazole rings is 1. The standard InChI is InChI=1S/C23H24N2O5S/c1-14-22(15-5-7-16(28-2)8-6-15)25-23(31-14)24-21(27)12-10-19(26)18-13-17(29-3)9-11-20(18)30-4/h5-9,11,13H,10,12H2,1-4H3,(H,24,25,27). The van der Waals surface area contributed by atoms with Crippen LogP contribution in [-0.4, -0.2) is 38.0 Å². The summed E-state index contributed by atoms with van der Waals surface area (Å²) in [6, 6.07) is 12.6. The average Bonchev–Trinajstić information content (AvgIpc) is 3.16. The van der Waals surface area contributed by atoms with Crippen LogP contribution in [0.15, 0.2) is 42.5 Å². The van der Waals surface area contributed by atoms with E-state index in [0.29, 0.717) is 22.2 Å². The van der Waals surface area contributed by atoms with Crippen molar-refractivity contribution in [2.45, 2.75) is 19.8 Å². The molecule has 3 rings (SSSR count). The zero-order chi connectivity index (χ0) is 22.4. The highest BCUT2D eigenvalue weighted by atomic mass is 32.1. The highest BCUT2D eigenvalue weighted by Gasteiger charge is 2.17. The molecule has 0 aliphatic carbocycles. The summed E-state index contributed by atoms with van der Waals surface area (Å²) in [5.74, 6) is 1.30. The first-order valence-corrected chi connectivity index (χ1v) is 10.4. The van der Waals surface area contributed by atoms with Crippen molar-refractivity contribution in [2.24, 2.45) is 0 Å². The van der Waals surface area contributed by atoms with Crippen molar-refractivity contribution in [3.63, 3.8) is 0 Å². The Morgan fingerprint density at radius 2 is 1.61 bits per heavy atom. The van der Waals surface area contributed by atoms with Gasteiger partial charge in [-0.05, 0) is 49.4 Å². The van der Waals surface area contributed by atoms with E-state index in [4.69, 9.17) is 14.2 Å². The van der Waals surface area contributed by atoms with Crippen molar-refractivity contribution in [3.05, 3.63) is 52.9 Å². The van der Waals surface area contributed by atoms with Crippen molar-refractivity contribution in [1.29, 1.82) is 0 Å². The second-order valence-electron chi connectivity index (χ2n) is 6.69. The molecule has 8 heteroatoms. The number of ketones is 1. The van der Waals surface area contributed by atoms with Crippen molar-refractivity contribution < 1.29 is 23.8 Å². The van der Waals surface area contributed by atoms with Crippen molar-refractivity contribution in [3.8, 4) is 28.5 Å². The van der Waals surface area contributed by atoms with Gasteiger partial charge < -0.3 is 19.5 Å². The maximum Gasteiger partial charge on any atom is 0.226 e. The predicted molar refractivity (Wildman–Crippen MR) is 121 cm³/mol. The Hall–Kier alpha value is -3.39. The first-order valence-electron chi connectivity index (χ1n) is 9.62. The van der Waals surface area contributed by atoms with Crippen molar-refractivity contribution in [1.82, 2.24) is 4.98 Å². The third kappa shape index (κ3) is 5.40. The number of aryl methyl sites for hydroxylation is 1. The topological polar surface area (TPSA) is 86.8 Å². The van der Waals surface area contributed by atoms with Crippen molar-refractivity contribution >= 4 is 28.2 Å². The van der Waals surface area contributed by atoms with Crippen LogP contribution in [0.4, 0.5) is 5.13 Å². The lowest BCUT2D eigenvalue weighted by molar-refractivity contribution is -0.116. The second-order valence-corrected chi connectivity index (χ2v) is 7.89. The summed E-state index contributed by atoms with van der Waals surface area (Å²) in [5.41, 5.74) is 2.14. The van der Waals surface area contributed by atoms with Gasteiger partial charge in [0, 0.05) is 23.3 Å². The number of hydrogen-bond donors (Lipinski definition) is 1. The average molecular weight is 441 g/mol. The van der Waals surface area contributed by atoms with Gasteiger partial charge in [0.25, 0.3) is 0 Å². The fourth-order valence-electron chi connectivity index (χ4n) is 3.04. The summed E-state index contributed by atoms with van der Waals surface area (Å²) in [7, 11) is 4.64. The Kier molecular flexibility index (Phi) is 7.25. The van der Waals surface area contributed by atoms with Crippen LogP contribution in [0.3, 0.4) is 0 Å². The molecule has 0 saturated heterocycles. The molecule has 31 heavy (non-hydrogen) atoms. The molecule has 0 bridgehead atoms. The van der Waals surface area contributed by atoms with Gasteiger partial charge in [0.15, 0.2) is 10.9 Å². The molecule has 0 atom stereocenters. The normalized spacial score (nSPS) is 10.5. The van der Waals surface area contributed by atoms with Crippen LogP contribution in [0.25, 0.3) is 11.3 Å². The van der Waals surface area contributed by atoms with E-state index in [2.05, 4.69) is 10.3 Å². The lowest BCUT2D eigenvalue weighted by Gasteiger charge is -2.09. The Morgan fingerprint density at radius 1 is 0.935 bits per heavy atom. The number of amides is 1. The first-order chi connectivity index (χ1) is 14.9. The molecule has 0 radical (unpaired) electrons. The van der Waals surface area contributed by atoms with Gasteiger partial charge >= 0.3 is 0 Å². The van der Waals surface area contributed by atoms with E-state index in [1.165, 1.54) is 25.6 Å². The quantitative estimate of drug-likeness (QED) is 0.484. The van der Waals surface area contributed by atoms with Gasteiger partial charge in [0.2, 0.25) is 5.91 Å². The number of carbonyl (C=O) groups excluding carboxylic acids is 2. The van der Waals surface area contributed by atoms with E-state index in [1.807, 2.05) is 31.2 Å². The highest BCUT2D eigenvalue weighted by Crippen LogP contribution is 2.31. The Bertz CT molecular complexity index is 1080. The number of aromatic nitrogens is 1. The highest BCUT2D eigenvalue weighted by molar-refractivity contribution is 7.16. The summed E-state index contributed by atoms with van der Waals surface area (Å²) in [6.07, 6.45) is 0.0841. The number of hydrogen-bond acceptors (Lipinski definition) is 7. The lowest BCUT2D eigenvalue weighted by Crippen LogP contribution is -2.13. The minimum atomic E-state index is -0.273. The van der Waals surface area contributed by atoms with Gasteiger partial charge in [-0.15, -0.1) is 11.3 Å². The molecule has 0 spiro atoms. The molecule has 1 aromatic heterocycles. The molecule has 3 aromatic rings. The first kappa shape index (κ1) is 22.3. The number of Topliss-reactive ketones (excluding diaryl/α,β-unsaturated/α-hetero) is 1.